The van der Waals surface area contributed by atoms with Crippen LogP contribution in [0.25, 0.3) is 21.3 Å². The fourth-order valence-electron chi connectivity index (χ4n) is 1.40. The van der Waals surface area contributed by atoms with Gasteiger partial charge in [-0.3, -0.25) is 0 Å². The molecule has 3 aromatic rings. The normalized spacial score (nSPS) is 10.5. The van der Waals surface area contributed by atoms with Crippen LogP contribution >= 0.6 is 20.7 Å². The minimum absolute atomic E-state index is 0.837. The van der Waals surface area contributed by atoms with Gasteiger partial charge in [-0.2, -0.15) is 4.98 Å². The largest absolute Gasteiger partial charge is 0.462 e. The van der Waals surface area contributed by atoms with Crippen molar-refractivity contribution in [3.8, 4) is 21.3 Å². The lowest BCUT2D eigenvalue weighted by atomic mass is 10.2. The molecule has 0 spiro atoms. The molecule has 0 saturated heterocycles. The molecule has 0 fully saturated rings. The number of hydrogen-bond acceptors (Lipinski definition) is 3. The SMILES string of the molecule is c1ccc(-c2nc(-c3ccco3)s[s+]2)cc1. The van der Waals surface area contributed by atoms with Gasteiger partial charge in [-0.25, -0.2) is 0 Å². The fraction of sp³-hybridized carbons (Fsp3) is 0. The molecule has 0 unspecified atom stereocenters. The Labute approximate surface area is 100 Å². The Kier molecular flexibility index (Phi) is 2.52. The summed E-state index contributed by atoms with van der Waals surface area (Å²) in [4.78, 5) is 4.57. The lowest BCUT2D eigenvalue weighted by Gasteiger charge is -1.86. The smallest absolute Gasteiger partial charge is 0.348 e. The van der Waals surface area contributed by atoms with Gasteiger partial charge in [0.15, 0.2) is 16.1 Å². The van der Waals surface area contributed by atoms with Crippen molar-refractivity contribution in [3.05, 3.63) is 48.7 Å². The van der Waals surface area contributed by atoms with Crippen LogP contribution in [-0.4, -0.2) is 4.98 Å². The van der Waals surface area contributed by atoms with Crippen LogP contribution in [0.3, 0.4) is 0 Å². The molecule has 0 radical (unpaired) electrons. The molecule has 0 saturated carbocycles. The van der Waals surface area contributed by atoms with Crippen LogP contribution in [0.5, 0.6) is 0 Å². The van der Waals surface area contributed by atoms with Gasteiger partial charge in [-0.15, -0.1) is 0 Å². The average molecular weight is 246 g/mol. The highest BCUT2D eigenvalue weighted by molar-refractivity contribution is 7.71. The Hall–Kier alpha value is -1.52. The Balaban J connectivity index is 2.00. The molecule has 16 heavy (non-hydrogen) atoms. The number of rotatable bonds is 2. The maximum atomic E-state index is 5.32. The van der Waals surface area contributed by atoms with Crippen molar-refractivity contribution in [3.63, 3.8) is 0 Å². The van der Waals surface area contributed by atoms with Crippen LogP contribution in [0.4, 0.5) is 0 Å². The highest BCUT2D eigenvalue weighted by atomic mass is 32.9. The number of aromatic nitrogens is 1. The van der Waals surface area contributed by atoms with Crippen LogP contribution in [0.2, 0.25) is 0 Å². The van der Waals surface area contributed by atoms with E-state index in [0.717, 1.165) is 21.3 Å². The van der Waals surface area contributed by atoms with Crippen LogP contribution in [-0.2, 0) is 0 Å². The second kappa shape index (κ2) is 4.15. The first-order chi connectivity index (χ1) is 7.93. The minimum Gasteiger partial charge on any atom is -0.462 e. The maximum Gasteiger partial charge on any atom is 0.348 e. The molecular formula is C12H8NOS2+. The molecule has 0 amide bonds. The molecule has 2 aromatic heterocycles. The van der Waals surface area contributed by atoms with E-state index in [1.54, 1.807) is 26.9 Å². The zero-order valence-electron chi connectivity index (χ0n) is 8.29. The van der Waals surface area contributed by atoms with E-state index in [9.17, 15) is 0 Å². The summed E-state index contributed by atoms with van der Waals surface area (Å²) >= 11 is 0. The molecule has 0 aliphatic rings. The van der Waals surface area contributed by atoms with Crippen LogP contribution in [0.1, 0.15) is 0 Å². The lowest BCUT2D eigenvalue weighted by Crippen LogP contribution is -1.76. The second-order valence-electron chi connectivity index (χ2n) is 3.23. The Morgan fingerprint density at radius 2 is 1.94 bits per heavy atom. The fourth-order valence-corrected chi connectivity index (χ4v) is 3.53. The summed E-state index contributed by atoms with van der Waals surface area (Å²) in [6.07, 6.45) is 1.67. The molecule has 0 aliphatic heterocycles. The highest BCUT2D eigenvalue weighted by Crippen LogP contribution is 2.33. The van der Waals surface area contributed by atoms with E-state index in [-0.39, 0.29) is 0 Å². The molecule has 0 atom stereocenters. The number of benzene rings is 1. The van der Waals surface area contributed by atoms with Crippen molar-refractivity contribution >= 4 is 20.7 Å². The summed E-state index contributed by atoms with van der Waals surface area (Å²) in [5, 5.41) is 1.98. The maximum absolute atomic E-state index is 5.32. The van der Waals surface area contributed by atoms with E-state index in [2.05, 4.69) is 17.1 Å². The summed E-state index contributed by atoms with van der Waals surface area (Å²) < 4.78 is 5.32. The average Bonchev–Trinajstić information content (AvgIpc) is 3.01. The quantitative estimate of drug-likeness (QED) is 0.494. The van der Waals surface area contributed by atoms with E-state index in [0.29, 0.717) is 0 Å². The van der Waals surface area contributed by atoms with Crippen molar-refractivity contribution < 1.29 is 4.42 Å². The van der Waals surface area contributed by atoms with E-state index in [1.807, 2.05) is 30.3 Å². The predicted octanol–water partition coefficient (Wildman–Crippen LogP) is 4.41. The summed E-state index contributed by atoms with van der Waals surface area (Å²) in [6, 6.07) is 14.0. The first kappa shape index (κ1) is 9.69. The standard InChI is InChI=1S/C12H8NOS2/c1-2-5-9(6-3-1)11-13-12(16-15-11)10-7-4-8-14-10/h1-8H/q+1. The topological polar surface area (TPSA) is 26.0 Å². The van der Waals surface area contributed by atoms with Gasteiger partial charge in [0.25, 0.3) is 0 Å². The number of nitrogens with zero attached hydrogens (tertiary/aromatic N) is 1. The zero-order chi connectivity index (χ0) is 10.8. The lowest BCUT2D eigenvalue weighted by molar-refractivity contribution is 0.582. The van der Waals surface area contributed by atoms with Gasteiger partial charge in [0.1, 0.15) is 0 Å². The molecule has 0 bridgehead atoms. The summed E-state index contributed by atoms with van der Waals surface area (Å²) in [7, 11) is 3.31. The van der Waals surface area contributed by atoms with Crippen LogP contribution < -0.4 is 0 Å². The first-order valence-corrected chi connectivity index (χ1v) is 6.98. The Morgan fingerprint density at radius 3 is 2.69 bits per heavy atom. The third kappa shape index (κ3) is 1.77. The van der Waals surface area contributed by atoms with Gasteiger partial charge in [0.2, 0.25) is 5.01 Å². The van der Waals surface area contributed by atoms with Crippen molar-refractivity contribution in [2.24, 2.45) is 0 Å². The molecule has 2 nitrogen and oxygen atoms in total. The monoisotopic (exact) mass is 246 g/mol. The molecule has 1 aromatic carbocycles. The molecular weight excluding hydrogens is 238 g/mol. The number of furan rings is 1. The van der Waals surface area contributed by atoms with E-state index < -0.39 is 0 Å². The Morgan fingerprint density at radius 1 is 1.06 bits per heavy atom. The second-order valence-corrected chi connectivity index (χ2v) is 5.34. The predicted molar refractivity (Wildman–Crippen MR) is 67.5 cm³/mol. The van der Waals surface area contributed by atoms with E-state index in [4.69, 9.17) is 4.42 Å². The number of hydrogen-bond donors (Lipinski definition) is 0. The summed E-state index contributed by atoms with van der Waals surface area (Å²) in [5.41, 5.74) is 1.15. The van der Waals surface area contributed by atoms with Crippen molar-refractivity contribution in [2.45, 2.75) is 0 Å². The molecule has 3 rings (SSSR count). The molecule has 78 valence electrons. The highest BCUT2D eigenvalue weighted by Gasteiger charge is 2.20. The molecule has 2 heterocycles. The van der Waals surface area contributed by atoms with E-state index >= 15 is 0 Å². The minimum atomic E-state index is 0.837. The van der Waals surface area contributed by atoms with Crippen LogP contribution in [0, 0.1) is 0 Å². The van der Waals surface area contributed by atoms with Crippen molar-refractivity contribution in [1.82, 2.24) is 4.98 Å². The Bertz CT molecular complexity index is 572. The molecule has 0 N–H and O–H groups in total. The third-order valence-corrected chi connectivity index (χ3v) is 4.37. The van der Waals surface area contributed by atoms with Crippen molar-refractivity contribution in [1.29, 1.82) is 0 Å². The van der Waals surface area contributed by atoms with Gasteiger partial charge >= 0.3 is 15.3 Å². The summed E-state index contributed by atoms with van der Waals surface area (Å²) in [5.74, 6) is 0.837. The van der Waals surface area contributed by atoms with E-state index in [1.165, 1.54) is 0 Å². The van der Waals surface area contributed by atoms with Gasteiger partial charge < -0.3 is 4.42 Å². The summed E-state index contributed by atoms with van der Waals surface area (Å²) in [6.45, 7) is 0. The van der Waals surface area contributed by atoms with Gasteiger partial charge in [0, 0.05) is 0 Å². The zero-order valence-corrected chi connectivity index (χ0v) is 9.92. The van der Waals surface area contributed by atoms with Gasteiger partial charge in [-0.1, -0.05) is 18.2 Å². The third-order valence-electron chi connectivity index (χ3n) is 2.16. The van der Waals surface area contributed by atoms with Crippen molar-refractivity contribution in [2.75, 3.05) is 0 Å². The van der Waals surface area contributed by atoms with Gasteiger partial charge in [-0.05, 0) is 24.3 Å². The first-order valence-electron chi connectivity index (χ1n) is 4.83. The molecule has 0 aliphatic carbocycles. The van der Waals surface area contributed by atoms with Gasteiger partial charge in [0.05, 0.1) is 11.8 Å². The molecule has 4 heteroatoms. The van der Waals surface area contributed by atoms with Crippen LogP contribution in [0.15, 0.2) is 53.1 Å².